The minimum atomic E-state index is -0.0401. The Morgan fingerprint density at radius 2 is 1.38 bits per heavy atom. The zero-order valence-corrected chi connectivity index (χ0v) is 14.5. The largest absolute Gasteiger partial charge is 0.356 e. The summed E-state index contributed by atoms with van der Waals surface area (Å²) in [5.74, 6) is -0.0401. The first-order valence-electron chi connectivity index (χ1n) is 8.35. The molecular formula is C22H19N3O. The van der Waals surface area contributed by atoms with E-state index in [-0.39, 0.29) is 5.91 Å². The monoisotopic (exact) mass is 341 g/mol. The fraction of sp³-hybridized carbons (Fsp3) is 0.0909. The molecule has 0 bridgehead atoms. The van der Waals surface area contributed by atoms with E-state index < -0.39 is 0 Å². The van der Waals surface area contributed by atoms with Gasteiger partial charge < -0.3 is 10.6 Å². The van der Waals surface area contributed by atoms with Gasteiger partial charge in [-0.15, -0.1) is 0 Å². The standard InChI is InChI=1S/C22H19N3O/c1-16-2-4-17(5-3-16)14-22(26)25-21-12-10-20(11-13-21)24-19-8-6-18(15-23)7-9-19/h2-13,24H,14H2,1H3,(H,25,26). The van der Waals surface area contributed by atoms with Crippen LogP contribution in [-0.2, 0) is 11.2 Å². The van der Waals surface area contributed by atoms with Gasteiger partial charge in [-0.2, -0.15) is 5.26 Å². The number of hydrogen-bond acceptors (Lipinski definition) is 3. The van der Waals surface area contributed by atoms with Crippen LogP contribution in [0.2, 0.25) is 0 Å². The van der Waals surface area contributed by atoms with Crippen molar-refractivity contribution in [3.05, 3.63) is 89.5 Å². The van der Waals surface area contributed by atoms with Crippen LogP contribution >= 0.6 is 0 Å². The molecule has 3 rings (SSSR count). The molecule has 0 atom stereocenters. The summed E-state index contributed by atoms with van der Waals surface area (Å²) in [7, 11) is 0. The van der Waals surface area contributed by atoms with Crippen molar-refractivity contribution in [3.63, 3.8) is 0 Å². The Labute approximate surface area is 153 Å². The molecule has 0 aromatic heterocycles. The Morgan fingerprint density at radius 1 is 0.846 bits per heavy atom. The van der Waals surface area contributed by atoms with Crippen molar-refractivity contribution in [2.75, 3.05) is 10.6 Å². The second-order valence-corrected chi connectivity index (χ2v) is 6.10. The summed E-state index contributed by atoms with van der Waals surface area (Å²) >= 11 is 0. The highest BCUT2D eigenvalue weighted by Crippen LogP contribution is 2.19. The lowest BCUT2D eigenvalue weighted by molar-refractivity contribution is -0.115. The average Bonchev–Trinajstić information content (AvgIpc) is 2.66. The van der Waals surface area contributed by atoms with E-state index in [1.807, 2.05) is 67.6 Å². The fourth-order valence-corrected chi connectivity index (χ4v) is 2.53. The van der Waals surface area contributed by atoms with E-state index in [1.165, 1.54) is 5.56 Å². The van der Waals surface area contributed by atoms with Crippen LogP contribution in [0.15, 0.2) is 72.8 Å². The molecule has 0 unspecified atom stereocenters. The minimum Gasteiger partial charge on any atom is -0.356 e. The summed E-state index contributed by atoms with van der Waals surface area (Å²) in [6.07, 6.45) is 0.353. The molecule has 0 saturated heterocycles. The summed E-state index contributed by atoms with van der Waals surface area (Å²) in [5.41, 5.74) is 5.37. The van der Waals surface area contributed by atoms with Gasteiger partial charge in [0.05, 0.1) is 18.1 Å². The fourth-order valence-electron chi connectivity index (χ4n) is 2.53. The number of nitrogens with zero attached hydrogens (tertiary/aromatic N) is 1. The van der Waals surface area contributed by atoms with Gasteiger partial charge in [0.15, 0.2) is 0 Å². The number of nitrogens with one attached hydrogen (secondary N) is 2. The number of anilines is 3. The van der Waals surface area contributed by atoms with E-state index >= 15 is 0 Å². The highest BCUT2D eigenvalue weighted by atomic mass is 16.1. The van der Waals surface area contributed by atoms with Crippen molar-refractivity contribution in [1.82, 2.24) is 0 Å². The van der Waals surface area contributed by atoms with Crippen molar-refractivity contribution in [2.45, 2.75) is 13.3 Å². The van der Waals surface area contributed by atoms with Gasteiger partial charge in [0.2, 0.25) is 5.91 Å². The van der Waals surface area contributed by atoms with Crippen LogP contribution in [-0.4, -0.2) is 5.91 Å². The molecule has 0 saturated carbocycles. The third kappa shape index (κ3) is 4.71. The van der Waals surface area contributed by atoms with E-state index in [2.05, 4.69) is 16.7 Å². The first-order valence-corrected chi connectivity index (χ1v) is 8.35. The second kappa shape index (κ2) is 8.00. The number of nitriles is 1. The third-order valence-electron chi connectivity index (χ3n) is 3.96. The van der Waals surface area contributed by atoms with Crippen molar-refractivity contribution in [1.29, 1.82) is 5.26 Å². The summed E-state index contributed by atoms with van der Waals surface area (Å²) < 4.78 is 0. The molecule has 0 aliphatic rings. The van der Waals surface area contributed by atoms with Gasteiger partial charge in [0, 0.05) is 17.1 Å². The number of rotatable bonds is 5. The van der Waals surface area contributed by atoms with E-state index in [1.54, 1.807) is 12.1 Å². The van der Waals surface area contributed by atoms with Gasteiger partial charge in [-0.3, -0.25) is 4.79 Å². The van der Waals surface area contributed by atoms with Gasteiger partial charge in [-0.1, -0.05) is 29.8 Å². The Kier molecular flexibility index (Phi) is 5.31. The normalized spacial score (nSPS) is 10.0. The number of benzene rings is 3. The van der Waals surface area contributed by atoms with Crippen LogP contribution in [0, 0.1) is 18.3 Å². The van der Waals surface area contributed by atoms with Crippen LogP contribution < -0.4 is 10.6 Å². The van der Waals surface area contributed by atoms with Crippen LogP contribution in [0.4, 0.5) is 17.1 Å². The highest BCUT2D eigenvalue weighted by molar-refractivity contribution is 5.92. The van der Waals surface area contributed by atoms with Gasteiger partial charge in [-0.25, -0.2) is 0 Å². The molecule has 0 aliphatic carbocycles. The molecule has 0 fully saturated rings. The molecular weight excluding hydrogens is 322 g/mol. The Balaban J connectivity index is 1.57. The second-order valence-electron chi connectivity index (χ2n) is 6.10. The summed E-state index contributed by atoms with van der Waals surface area (Å²) in [6, 6.07) is 24.8. The quantitative estimate of drug-likeness (QED) is 0.701. The maximum absolute atomic E-state index is 12.2. The summed E-state index contributed by atoms with van der Waals surface area (Å²) in [6.45, 7) is 2.03. The molecule has 0 radical (unpaired) electrons. The van der Waals surface area contributed by atoms with Crippen molar-refractivity contribution >= 4 is 23.0 Å². The molecule has 0 aliphatic heterocycles. The number of carbonyl (C=O) groups excluding carboxylic acids is 1. The maximum atomic E-state index is 12.2. The van der Waals surface area contributed by atoms with E-state index in [0.29, 0.717) is 12.0 Å². The molecule has 4 nitrogen and oxygen atoms in total. The Morgan fingerprint density at radius 3 is 1.96 bits per heavy atom. The zero-order chi connectivity index (χ0) is 18.4. The molecule has 26 heavy (non-hydrogen) atoms. The lowest BCUT2D eigenvalue weighted by atomic mass is 10.1. The van der Waals surface area contributed by atoms with Crippen molar-refractivity contribution in [3.8, 4) is 6.07 Å². The maximum Gasteiger partial charge on any atom is 0.228 e. The summed E-state index contributed by atoms with van der Waals surface area (Å²) in [4.78, 5) is 12.2. The van der Waals surface area contributed by atoms with Gasteiger partial charge >= 0.3 is 0 Å². The molecule has 0 heterocycles. The number of carbonyl (C=O) groups is 1. The number of hydrogen-bond donors (Lipinski definition) is 2. The molecule has 2 N–H and O–H groups in total. The predicted octanol–water partition coefficient (Wildman–Crippen LogP) is 4.79. The molecule has 3 aromatic rings. The Bertz CT molecular complexity index is 921. The lowest BCUT2D eigenvalue weighted by Crippen LogP contribution is -2.14. The van der Waals surface area contributed by atoms with Crippen molar-refractivity contribution < 1.29 is 4.79 Å². The highest BCUT2D eigenvalue weighted by Gasteiger charge is 2.04. The van der Waals surface area contributed by atoms with Crippen LogP contribution in [0.1, 0.15) is 16.7 Å². The van der Waals surface area contributed by atoms with Gasteiger partial charge in [-0.05, 0) is 61.0 Å². The third-order valence-corrected chi connectivity index (χ3v) is 3.96. The SMILES string of the molecule is Cc1ccc(CC(=O)Nc2ccc(Nc3ccc(C#N)cc3)cc2)cc1. The summed E-state index contributed by atoms with van der Waals surface area (Å²) in [5, 5.41) is 15.0. The van der Waals surface area contributed by atoms with Gasteiger partial charge in [0.25, 0.3) is 0 Å². The molecule has 4 heteroatoms. The smallest absolute Gasteiger partial charge is 0.228 e. The minimum absolute atomic E-state index is 0.0401. The molecule has 3 aromatic carbocycles. The number of aryl methyl sites for hydroxylation is 1. The zero-order valence-electron chi connectivity index (χ0n) is 14.5. The van der Waals surface area contributed by atoms with Gasteiger partial charge in [0.1, 0.15) is 0 Å². The van der Waals surface area contributed by atoms with E-state index in [4.69, 9.17) is 5.26 Å². The van der Waals surface area contributed by atoms with Crippen LogP contribution in [0.5, 0.6) is 0 Å². The van der Waals surface area contributed by atoms with Crippen LogP contribution in [0.3, 0.4) is 0 Å². The molecule has 1 amide bonds. The lowest BCUT2D eigenvalue weighted by Gasteiger charge is -2.09. The average molecular weight is 341 g/mol. The van der Waals surface area contributed by atoms with E-state index in [0.717, 1.165) is 22.6 Å². The van der Waals surface area contributed by atoms with E-state index in [9.17, 15) is 4.79 Å². The topological polar surface area (TPSA) is 64.9 Å². The Hall–Kier alpha value is -3.58. The first kappa shape index (κ1) is 17.2. The number of amides is 1. The first-order chi connectivity index (χ1) is 12.6. The predicted molar refractivity (Wildman–Crippen MR) is 104 cm³/mol. The molecule has 0 spiro atoms. The molecule has 128 valence electrons. The van der Waals surface area contributed by atoms with Crippen LogP contribution in [0.25, 0.3) is 0 Å². The van der Waals surface area contributed by atoms with Crippen molar-refractivity contribution in [2.24, 2.45) is 0 Å².